The monoisotopic (exact) mass is 269 g/mol. The van der Waals surface area contributed by atoms with Gasteiger partial charge < -0.3 is 15.2 Å². The molecule has 1 aliphatic heterocycles. The molecule has 2 N–H and O–H groups in total. The van der Waals surface area contributed by atoms with Gasteiger partial charge in [-0.05, 0) is 62.4 Å². The van der Waals surface area contributed by atoms with Gasteiger partial charge >= 0.3 is 0 Å². The number of aryl methyl sites for hydroxylation is 1. The van der Waals surface area contributed by atoms with E-state index in [1.54, 1.807) is 6.07 Å². The van der Waals surface area contributed by atoms with Gasteiger partial charge in [-0.15, -0.1) is 0 Å². The number of phenolic OH excluding ortho intramolecular Hbond substituents is 1. The van der Waals surface area contributed by atoms with Crippen molar-refractivity contribution >= 4 is 11.6 Å². The molecule has 0 radical (unpaired) electrons. The van der Waals surface area contributed by atoms with E-state index >= 15 is 0 Å². The number of phenols is 1. The SMILES string of the molecule is COc1c(O)cc(C)c(CC2CCNCC2)c1Cl. The number of benzene rings is 1. The zero-order valence-corrected chi connectivity index (χ0v) is 11.7. The van der Waals surface area contributed by atoms with Crippen LogP contribution in [0.1, 0.15) is 24.0 Å². The summed E-state index contributed by atoms with van der Waals surface area (Å²) < 4.78 is 5.17. The summed E-state index contributed by atoms with van der Waals surface area (Å²) in [7, 11) is 1.53. The number of methoxy groups -OCH3 is 1. The molecule has 0 amide bonds. The first-order valence-corrected chi connectivity index (χ1v) is 6.77. The first-order chi connectivity index (χ1) is 8.63. The van der Waals surface area contributed by atoms with Crippen molar-refractivity contribution in [3.63, 3.8) is 0 Å². The average molecular weight is 270 g/mol. The highest BCUT2D eigenvalue weighted by Gasteiger charge is 2.20. The zero-order chi connectivity index (χ0) is 13.1. The number of halogens is 1. The molecule has 0 spiro atoms. The maximum atomic E-state index is 9.78. The van der Waals surface area contributed by atoms with Gasteiger partial charge in [0.25, 0.3) is 0 Å². The third-order valence-corrected chi connectivity index (χ3v) is 4.08. The Morgan fingerprint density at radius 1 is 1.44 bits per heavy atom. The molecule has 0 aromatic heterocycles. The first-order valence-electron chi connectivity index (χ1n) is 6.39. The van der Waals surface area contributed by atoms with Crippen LogP contribution in [0.2, 0.25) is 5.02 Å². The van der Waals surface area contributed by atoms with Crippen LogP contribution in [0.5, 0.6) is 11.5 Å². The van der Waals surface area contributed by atoms with Gasteiger partial charge in [0.2, 0.25) is 0 Å². The molecule has 1 aliphatic rings. The van der Waals surface area contributed by atoms with Gasteiger partial charge in [0.15, 0.2) is 11.5 Å². The molecule has 3 nitrogen and oxygen atoms in total. The van der Waals surface area contributed by atoms with Crippen molar-refractivity contribution in [2.45, 2.75) is 26.2 Å². The fourth-order valence-corrected chi connectivity index (χ4v) is 3.00. The first kappa shape index (κ1) is 13.5. The molecular weight excluding hydrogens is 250 g/mol. The summed E-state index contributed by atoms with van der Waals surface area (Å²) in [6.45, 7) is 4.15. The molecule has 0 unspecified atom stereocenters. The Kier molecular flexibility index (Phi) is 4.36. The van der Waals surface area contributed by atoms with Gasteiger partial charge in [0.05, 0.1) is 12.1 Å². The van der Waals surface area contributed by atoms with Crippen molar-refractivity contribution < 1.29 is 9.84 Å². The second-order valence-corrected chi connectivity index (χ2v) is 5.31. The molecule has 1 heterocycles. The highest BCUT2D eigenvalue weighted by atomic mass is 35.5. The minimum atomic E-state index is 0.120. The Morgan fingerprint density at radius 2 is 2.11 bits per heavy atom. The number of piperidine rings is 1. The predicted molar refractivity (Wildman–Crippen MR) is 73.7 cm³/mol. The maximum Gasteiger partial charge on any atom is 0.179 e. The Bertz CT molecular complexity index is 428. The molecule has 100 valence electrons. The lowest BCUT2D eigenvalue weighted by molar-refractivity contribution is 0.364. The Labute approximate surface area is 113 Å². The molecule has 0 atom stereocenters. The lowest BCUT2D eigenvalue weighted by Crippen LogP contribution is -2.28. The van der Waals surface area contributed by atoms with Crippen molar-refractivity contribution in [3.8, 4) is 11.5 Å². The predicted octanol–water partition coefficient (Wildman–Crippen LogP) is 2.90. The van der Waals surface area contributed by atoms with Gasteiger partial charge in [-0.2, -0.15) is 0 Å². The lowest BCUT2D eigenvalue weighted by Gasteiger charge is -2.24. The van der Waals surface area contributed by atoms with Crippen LogP contribution in [0.25, 0.3) is 0 Å². The molecule has 1 aromatic carbocycles. The summed E-state index contributed by atoms with van der Waals surface area (Å²) in [6, 6.07) is 1.74. The Hall–Kier alpha value is -0.930. The van der Waals surface area contributed by atoms with Crippen LogP contribution in [-0.2, 0) is 6.42 Å². The summed E-state index contributed by atoms with van der Waals surface area (Å²) in [5.41, 5.74) is 2.15. The molecule has 1 aromatic rings. The quantitative estimate of drug-likeness (QED) is 0.887. The van der Waals surface area contributed by atoms with E-state index in [2.05, 4.69) is 5.32 Å². The van der Waals surface area contributed by atoms with Crippen molar-refractivity contribution in [1.29, 1.82) is 0 Å². The normalized spacial score (nSPS) is 16.8. The molecular formula is C14H20ClNO2. The van der Waals surface area contributed by atoms with Crippen molar-refractivity contribution in [2.24, 2.45) is 5.92 Å². The topological polar surface area (TPSA) is 41.5 Å². The molecule has 2 rings (SSSR count). The second kappa shape index (κ2) is 5.81. The van der Waals surface area contributed by atoms with E-state index < -0.39 is 0 Å². The van der Waals surface area contributed by atoms with Crippen LogP contribution in [0.15, 0.2) is 6.07 Å². The fourth-order valence-electron chi connectivity index (χ4n) is 2.60. The molecule has 1 saturated heterocycles. The van der Waals surface area contributed by atoms with Gasteiger partial charge in [0, 0.05) is 0 Å². The minimum Gasteiger partial charge on any atom is -0.504 e. The van der Waals surface area contributed by atoms with Crippen LogP contribution in [0, 0.1) is 12.8 Å². The van der Waals surface area contributed by atoms with E-state index in [0.29, 0.717) is 16.7 Å². The van der Waals surface area contributed by atoms with E-state index in [1.165, 1.54) is 20.0 Å². The van der Waals surface area contributed by atoms with Crippen molar-refractivity contribution in [1.82, 2.24) is 5.32 Å². The molecule has 1 fully saturated rings. The minimum absolute atomic E-state index is 0.120. The second-order valence-electron chi connectivity index (χ2n) is 4.94. The number of aromatic hydroxyl groups is 1. The van der Waals surface area contributed by atoms with E-state index in [1.807, 2.05) is 6.92 Å². The summed E-state index contributed by atoms with van der Waals surface area (Å²) in [6.07, 6.45) is 3.32. The number of rotatable bonds is 3. The average Bonchev–Trinajstić information content (AvgIpc) is 2.36. The molecule has 0 saturated carbocycles. The number of nitrogens with one attached hydrogen (secondary N) is 1. The highest BCUT2D eigenvalue weighted by Crippen LogP contribution is 2.40. The zero-order valence-electron chi connectivity index (χ0n) is 10.9. The van der Waals surface area contributed by atoms with Gasteiger partial charge in [0.1, 0.15) is 0 Å². The number of ether oxygens (including phenoxy) is 1. The summed E-state index contributed by atoms with van der Waals surface area (Å²) in [5.74, 6) is 1.18. The van der Waals surface area contributed by atoms with Crippen molar-refractivity contribution in [3.05, 3.63) is 22.2 Å². The number of hydrogen-bond acceptors (Lipinski definition) is 3. The van der Waals surface area contributed by atoms with Crippen LogP contribution in [0.3, 0.4) is 0 Å². The van der Waals surface area contributed by atoms with Gasteiger partial charge in [-0.25, -0.2) is 0 Å². The molecule has 18 heavy (non-hydrogen) atoms. The smallest absolute Gasteiger partial charge is 0.179 e. The van der Waals surface area contributed by atoms with Crippen LogP contribution < -0.4 is 10.1 Å². The number of hydrogen-bond donors (Lipinski definition) is 2. The highest BCUT2D eigenvalue weighted by molar-refractivity contribution is 6.33. The van der Waals surface area contributed by atoms with Gasteiger partial charge in [-0.1, -0.05) is 11.6 Å². The van der Waals surface area contributed by atoms with Crippen molar-refractivity contribution in [2.75, 3.05) is 20.2 Å². The lowest BCUT2D eigenvalue weighted by atomic mass is 9.89. The Balaban J connectivity index is 2.26. The van der Waals surface area contributed by atoms with E-state index in [0.717, 1.165) is 30.6 Å². The third kappa shape index (κ3) is 2.73. The van der Waals surface area contributed by atoms with Crippen LogP contribution >= 0.6 is 11.6 Å². The largest absolute Gasteiger partial charge is 0.504 e. The Morgan fingerprint density at radius 3 is 2.72 bits per heavy atom. The third-order valence-electron chi connectivity index (χ3n) is 3.68. The van der Waals surface area contributed by atoms with Gasteiger partial charge in [-0.3, -0.25) is 0 Å². The maximum absolute atomic E-state index is 9.78. The standard InChI is InChI=1S/C14H20ClNO2/c1-9-7-12(17)14(18-2)13(15)11(9)8-10-3-5-16-6-4-10/h7,10,16-17H,3-6,8H2,1-2H3. The summed E-state index contributed by atoms with van der Waals surface area (Å²) >= 11 is 6.34. The summed E-state index contributed by atoms with van der Waals surface area (Å²) in [4.78, 5) is 0. The van der Waals surface area contributed by atoms with Crippen LogP contribution in [-0.4, -0.2) is 25.3 Å². The molecule has 0 bridgehead atoms. The molecule has 0 aliphatic carbocycles. The van der Waals surface area contributed by atoms with E-state index in [-0.39, 0.29) is 5.75 Å². The molecule has 4 heteroatoms. The van der Waals surface area contributed by atoms with E-state index in [9.17, 15) is 5.11 Å². The van der Waals surface area contributed by atoms with E-state index in [4.69, 9.17) is 16.3 Å². The van der Waals surface area contributed by atoms with Crippen LogP contribution in [0.4, 0.5) is 0 Å². The fraction of sp³-hybridized carbons (Fsp3) is 0.571. The summed E-state index contributed by atoms with van der Waals surface area (Å²) in [5, 5.41) is 13.7.